The number of benzene rings is 1. The number of rotatable bonds is 6. The molecular weight excluding hydrogens is 362 g/mol. The third-order valence-corrected chi connectivity index (χ3v) is 4.60. The Morgan fingerprint density at radius 1 is 1.14 bits per heavy atom. The number of carbonyl (C=O) groups excluding carboxylic acids is 3. The van der Waals surface area contributed by atoms with Gasteiger partial charge in [0, 0.05) is 0 Å². The van der Waals surface area contributed by atoms with Gasteiger partial charge >= 0.3 is 5.97 Å². The SMILES string of the molecule is CCOC(=O)c1ccccc1NC(=O)C[NH+]1CCN(C(=O)c2ccco2)CC1. The fourth-order valence-corrected chi connectivity index (χ4v) is 3.16. The molecule has 148 valence electrons. The van der Waals surface area contributed by atoms with E-state index in [2.05, 4.69) is 5.32 Å². The highest BCUT2D eigenvalue weighted by molar-refractivity contribution is 6.01. The van der Waals surface area contributed by atoms with Crippen LogP contribution in [0.1, 0.15) is 27.8 Å². The number of nitrogens with zero attached hydrogens (tertiary/aromatic N) is 1. The van der Waals surface area contributed by atoms with Crippen molar-refractivity contribution in [2.24, 2.45) is 0 Å². The number of nitrogens with one attached hydrogen (secondary N) is 2. The molecule has 0 unspecified atom stereocenters. The summed E-state index contributed by atoms with van der Waals surface area (Å²) < 4.78 is 10.2. The molecular formula is C20H24N3O5+. The van der Waals surface area contributed by atoms with E-state index in [4.69, 9.17) is 9.15 Å². The molecule has 8 heteroatoms. The monoisotopic (exact) mass is 386 g/mol. The topological polar surface area (TPSA) is 93.3 Å². The smallest absolute Gasteiger partial charge is 0.340 e. The van der Waals surface area contributed by atoms with Crippen LogP contribution in [0.3, 0.4) is 0 Å². The van der Waals surface area contributed by atoms with Crippen LogP contribution in [0.4, 0.5) is 5.69 Å². The molecule has 2 N–H and O–H groups in total. The lowest BCUT2D eigenvalue weighted by atomic mass is 10.1. The lowest BCUT2D eigenvalue weighted by Gasteiger charge is -2.31. The largest absolute Gasteiger partial charge is 0.462 e. The summed E-state index contributed by atoms with van der Waals surface area (Å²) in [6.45, 7) is 4.72. The molecule has 1 aromatic heterocycles. The Hall–Kier alpha value is -3.13. The third-order valence-electron chi connectivity index (χ3n) is 4.60. The lowest BCUT2D eigenvalue weighted by molar-refractivity contribution is -0.895. The minimum absolute atomic E-state index is 0.128. The molecule has 1 fully saturated rings. The van der Waals surface area contributed by atoms with Crippen LogP contribution in [0.25, 0.3) is 0 Å². The van der Waals surface area contributed by atoms with Gasteiger partial charge in [-0.3, -0.25) is 9.59 Å². The zero-order valence-electron chi connectivity index (χ0n) is 15.8. The summed E-state index contributed by atoms with van der Waals surface area (Å²) in [6.07, 6.45) is 1.48. The van der Waals surface area contributed by atoms with Crippen molar-refractivity contribution in [3.63, 3.8) is 0 Å². The van der Waals surface area contributed by atoms with E-state index in [0.29, 0.717) is 43.2 Å². The Labute approximate surface area is 163 Å². The third kappa shape index (κ3) is 4.77. The fourth-order valence-electron chi connectivity index (χ4n) is 3.16. The van der Waals surface area contributed by atoms with Gasteiger partial charge in [-0.25, -0.2) is 4.79 Å². The number of piperazine rings is 1. The molecule has 1 aromatic carbocycles. The van der Waals surface area contributed by atoms with Crippen LogP contribution >= 0.6 is 0 Å². The lowest BCUT2D eigenvalue weighted by Crippen LogP contribution is -3.15. The summed E-state index contributed by atoms with van der Waals surface area (Å²) in [7, 11) is 0. The van der Waals surface area contributed by atoms with E-state index in [-0.39, 0.29) is 25.0 Å². The Morgan fingerprint density at radius 3 is 2.57 bits per heavy atom. The maximum atomic E-state index is 12.4. The van der Waals surface area contributed by atoms with Gasteiger partial charge < -0.3 is 24.3 Å². The highest BCUT2D eigenvalue weighted by atomic mass is 16.5. The van der Waals surface area contributed by atoms with E-state index in [1.807, 2.05) is 0 Å². The summed E-state index contributed by atoms with van der Waals surface area (Å²) in [5, 5.41) is 2.80. The van der Waals surface area contributed by atoms with Crippen LogP contribution in [-0.2, 0) is 9.53 Å². The first kappa shape index (κ1) is 19.6. The molecule has 0 aliphatic carbocycles. The van der Waals surface area contributed by atoms with Crippen molar-refractivity contribution < 1.29 is 28.4 Å². The van der Waals surface area contributed by atoms with Gasteiger partial charge in [-0.05, 0) is 31.2 Å². The number of esters is 1. The summed E-state index contributed by atoms with van der Waals surface area (Å²) in [4.78, 5) is 39.5. The predicted molar refractivity (Wildman–Crippen MR) is 101 cm³/mol. The number of carbonyl (C=O) groups is 3. The molecule has 28 heavy (non-hydrogen) atoms. The van der Waals surface area contributed by atoms with Crippen molar-refractivity contribution >= 4 is 23.5 Å². The summed E-state index contributed by atoms with van der Waals surface area (Å²) in [5.74, 6) is -0.443. The first-order valence-corrected chi connectivity index (χ1v) is 9.31. The average molecular weight is 386 g/mol. The Kier molecular flexibility index (Phi) is 6.44. The van der Waals surface area contributed by atoms with Gasteiger partial charge in [0.15, 0.2) is 12.3 Å². The average Bonchev–Trinajstić information content (AvgIpc) is 3.23. The van der Waals surface area contributed by atoms with Gasteiger partial charge in [0.1, 0.15) is 0 Å². The maximum Gasteiger partial charge on any atom is 0.340 e. The molecule has 1 aliphatic rings. The number of quaternary nitrogens is 1. The molecule has 0 radical (unpaired) electrons. The summed E-state index contributed by atoms with van der Waals surface area (Å²) in [6, 6.07) is 10.1. The van der Waals surface area contributed by atoms with E-state index in [1.54, 1.807) is 48.2 Å². The highest BCUT2D eigenvalue weighted by Gasteiger charge is 2.27. The van der Waals surface area contributed by atoms with Crippen molar-refractivity contribution in [1.29, 1.82) is 0 Å². The van der Waals surface area contributed by atoms with E-state index in [0.717, 1.165) is 4.90 Å². The number of furan rings is 1. The second kappa shape index (κ2) is 9.18. The van der Waals surface area contributed by atoms with Crippen LogP contribution in [-0.4, -0.2) is 62.0 Å². The van der Waals surface area contributed by atoms with Gasteiger partial charge in [-0.2, -0.15) is 0 Å². The van der Waals surface area contributed by atoms with Gasteiger partial charge in [0.05, 0.1) is 50.3 Å². The van der Waals surface area contributed by atoms with Gasteiger partial charge in [0.2, 0.25) is 0 Å². The number of para-hydroxylation sites is 1. The minimum atomic E-state index is -0.462. The van der Waals surface area contributed by atoms with Crippen LogP contribution in [0, 0.1) is 0 Å². The Morgan fingerprint density at radius 2 is 1.89 bits per heavy atom. The van der Waals surface area contributed by atoms with E-state index < -0.39 is 5.97 Å². The van der Waals surface area contributed by atoms with Gasteiger partial charge in [0.25, 0.3) is 11.8 Å². The fraction of sp³-hybridized carbons (Fsp3) is 0.350. The molecule has 1 saturated heterocycles. The van der Waals surface area contributed by atoms with Crippen LogP contribution < -0.4 is 10.2 Å². The molecule has 1 aliphatic heterocycles. The standard InChI is InChI=1S/C20H23N3O5/c1-2-27-20(26)15-6-3-4-7-16(15)21-18(24)14-22-9-11-23(12-10-22)19(25)17-8-5-13-28-17/h3-8,13H,2,9-12,14H2,1H3,(H,21,24)/p+1. The Bertz CT molecular complexity index is 826. The zero-order chi connectivity index (χ0) is 19.9. The normalized spacial score (nSPS) is 14.5. The van der Waals surface area contributed by atoms with Crippen LogP contribution in [0.2, 0.25) is 0 Å². The van der Waals surface area contributed by atoms with Gasteiger partial charge in [-0.15, -0.1) is 0 Å². The van der Waals surface area contributed by atoms with E-state index in [1.165, 1.54) is 6.26 Å². The molecule has 0 atom stereocenters. The Balaban J connectivity index is 1.52. The molecule has 0 saturated carbocycles. The molecule has 2 heterocycles. The second-order valence-corrected chi connectivity index (χ2v) is 6.51. The minimum Gasteiger partial charge on any atom is -0.462 e. The number of amides is 2. The van der Waals surface area contributed by atoms with Crippen LogP contribution in [0.15, 0.2) is 47.1 Å². The number of hydrogen-bond donors (Lipinski definition) is 2. The van der Waals surface area contributed by atoms with Crippen molar-refractivity contribution in [2.45, 2.75) is 6.92 Å². The van der Waals surface area contributed by atoms with Crippen LogP contribution in [0.5, 0.6) is 0 Å². The molecule has 0 spiro atoms. The van der Waals surface area contributed by atoms with Crippen molar-refractivity contribution in [1.82, 2.24) is 4.90 Å². The molecule has 8 nitrogen and oxygen atoms in total. The maximum absolute atomic E-state index is 12.4. The number of ether oxygens (including phenoxy) is 1. The first-order chi connectivity index (χ1) is 13.6. The van der Waals surface area contributed by atoms with Crippen molar-refractivity contribution in [3.8, 4) is 0 Å². The van der Waals surface area contributed by atoms with Crippen molar-refractivity contribution in [3.05, 3.63) is 54.0 Å². The number of hydrogen-bond acceptors (Lipinski definition) is 5. The summed E-state index contributed by atoms with van der Waals surface area (Å²) >= 11 is 0. The first-order valence-electron chi connectivity index (χ1n) is 9.31. The van der Waals surface area contributed by atoms with E-state index in [9.17, 15) is 14.4 Å². The second-order valence-electron chi connectivity index (χ2n) is 6.51. The molecule has 3 rings (SSSR count). The zero-order valence-corrected chi connectivity index (χ0v) is 15.8. The molecule has 2 amide bonds. The molecule has 0 bridgehead atoms. The quantitative estimate of drug-likeness (QED) is 0.703. The predicted octanol–water partition coefficient (Wildman–Crippen LogP) is 0.436. The number of anilines is 1. The van der Waals surface area contributed by atoms with Gasteiger partial charge in [-0.1, -0.05) is 12.1 Å². The van der Waals surface area contributed by atoms with E-state index >= 15 is 0 Å². The van der Waals surface area contributed by atoms with Crippen molar-refractivity contribution in [2.75, 3.05) is 44.6 Å². The molecule has 2 aromatic rings. The highest BCUT2D eigenvalue weighted by Crippen LogP contribution is 2.16. The summed E-state index contributed by atoms with van der Waals surface area (Å²) in [5.41, 5.74) is 0.776.